The Balaban J connectivity index is 1.50. The maximum Gasteiger partial charge on any atom is 0.341 e. The van der Waals surface area contributed by atoms with Gasteiger partial charge in [-0.2, -0.15) is 0 Å². The zero-order valence-electron chi connectivity index (χ0n) is 17.1. The lowest BCUT2D eigenvalue weighted by atomic mass is 10.0. The van der Waals surface area contributed by atoms with Crippen molar-refractivity contribution in [2.24, 2.45) is 0 Å². The molecular formula is C25H25NO5. The Hall–Kier alpha value is -3.64. The predicted molar refractivity (Wildman–Crippen MR) is 116 cm³/mol. The van der Waals surface area contributed by atoms with Crippen molar-refractivity contribution in [3.05, 3.63) is 102 Å². The summed E-state index contributed by atoms with van der Waals surface area (Å²) >= 11 is 0. The van der Waals surface area contributed by atoms with Crippen LogP contribution >= 0.6 is 0 Å². The third-order valence-corrected chi connectivity index (χ3v) is 4.63. The molecule has 3 rings (SSSR count). The highest BCUT2D eigenvalue weighted by Crippen LogP contribution is 2.24. The van der Waals surface area contributed by atoms with Gasteiger partial charge in [-0.05, 0) is 41.7 Å². The summed E-state index contributed by atoms with van der Waals surface area (Å²) in [4.78, 5) is 28.7. The van der Waals surface area contributed by atoms with Crippen LogP contribution < -0.4 is 10.2 Å². The van der Waals surface area contributed by atoms with Crippen LogP contribution in [0.5, 0.6) is 5.75 Å². The smallest absolute Gasteiger partial charge is 0.341 e. The second-order valence-electron chi connectivity index (χ2n) is 7.03. The Bertz CT molecular complexity index is 936. The standard InChI is InChI=1S/C25H25NO5/c27-23(16-8-10-19-9-7-15-22(17-19)30-18-24(28)29)26-31-25(20-11-3-1-4-12-20)21-13-5-2-6-14-21/h1-7,9,11-15,17,25H,8,10,16,18H2,(H,26,27)(H,28,29). The fourth-order valence-corrected chi connectivity index (χ4v) is 3.15. The molecule has 0 saturated heterocycles. The molecule has 0 aromatic heterocycles. The molecule has 0 unspecified atom stereocenters. The summed E-state index contributed by atoms with van der Waals surface area (Å²) in [5.74, 6) is -0.720. The van der Waals surface area contributed by atoms with Gasteiger partial charge in [-0.15, -0.1) is 0 Å². The molecule has 3 aromatic rings. The number of hydroxylamine groups is 1. The lowest BCUT2D eigenvalue weighted by Crippen LogP contribution is -2.26. The zero-order valence-corrected chi connectivity index (χ0v) is 17.1. The van der Waals surface area contributed by atoms with Gasteiger partial charge in [0.15, 0.2) is 6.61 Å². The van der Waals surface area contributed by atoms with Crippen LogP contribution in [-0.4, -0.2) is 23.6 Å². The van der Waals surface area contributed by atoms with E-state index < -0.39 is 12.1 Å². The molecule has 0 aliphatic heterocycles. The highest BCUT2D eigenvalue weighted by molar-refractivity contribution is 5.74. The van der Waals surface area contributed by atoms with Gasteiger partial charge in [-0.25, -0.2) is 10.3 Å². The summed E-state index contributed by atoms with van der Waals surface area (Å²) in [7, 11) is 0. The molecule has 0 radical (unpaired) electrons. The van der Waals surface area contributed by atoms with Crippen molar-refractivity contribution in [3.8, 4) is 5.75 Å². The Morgan fingerprint density at radius 2 is 1.52 bits per heavy atom. The molecular weight excluding hydrogens is 394 g/mol. The van der Waals surface area contributed by atoms with E-state index in [-0.39, 0.29) is 12.5 Å². The molecule has 0 bridgehead atoms. The lowest BCUT2D eigenvalue weighted by molar-refractivity contribution is -0.139. The van der Waals surface area contributed by atoms with Crippen LogP contribution in [0.25, 0.3) is 0 Å². The largest absolute Gasteiger partial charge is 0.482 e. The van der Waals surface area contributed by atoms with Crippen molar-refractivity contribution in [1.29, 1.82) is 0 Å². The number of hydrogen-bond acceptors (Lipinski definition) is 4. The Morgan fingerprint density at radius 3 is 2.13 bits per heavy atom. The fourth-order valence-electron chi connectivity index (χ4n) is 3.15. The highest BCUT2D eigenvalue weighted by atomic mass is 16.7. The SMILES string of the molecule is O=C(O)COc1cccc(CCCC(=O)NOC(c2ccccc2)c2ccccc2)c1. The second kappa shape index (κ2) is 11.5. The summed E-state index contributed by atoms with van der Waals surface area (Å²) in [5.41, 5.74) is 5.46. The van der Waals surface area contributed by atoms with E-state index in [0.29, 0.717) is 25.0 Å². The number of ether oxygens (including phenoxy) is 1. The number of nitrogens with one attached hydrogen (secondary N) is 1. The number of amides is 1. The van der Waals surface area contributed by atoms with Gasteiger partial charge in [0.25, 0.3) is 0 Å². The minimum Gasteiger partial charge on any atom is -0.482 e. The van der Waals surface area contributed by atoms with Crippen molar-refractivity contribution in [3.63, 3.8) is 0 Å². The molecule has 0 saturated carbocycles. The van der Waals surface area contributed by atoms with Crippen molar-refractivity contribution in [1.82, 2.24) is 5.48 Å². The van der Waals surface area contributed by atoms with E-state index in [1.807, 2.05) is 66.7 Å². The summed E-state index contributed by atoms with van der Waals surface area (Å²) in [6.45, 7) is -0.382. The van der Waals surface area contributed by atoms with E-state index in [4.69, 9.17) is 14.7 Å². The van der Waals surface area contributed by atoms with Crippen LogP contribution in [0, 0.1) is 0 Å². The van der Waals surface area contributed by atoms with Crippen molar-refractivity contribution in [2.45, 2.75) is 25.4 Å². The number of aliphatic carboxylic acids is 1. The number of hydrogen-bond donors (Lipinski definition) is 2. The number of carboxylic acids is 1. The summed E-state index contributed by atoms with van der Waals surface area (Å²) in [6.07, 6.45) is 1.20. The van der Waals surface area contributed by atoms with Gasteiger partial charge in [0.05, 0.1) is 0 Å². The second-order valence-corrected chi connectivity index (χ2v) is 7.03. The number of rotatable bonds is 11. The maximum atomic E-state index is 12.3. The molecule has 31 heavy (non-hydrogen) atoms. The Kier molecular flexibility index (Phi) is 8.20. The monoisotopic (exact) mass is 419 g/mol. The maximum absolute atomic E-state index is 12.3. The van der Waals surface area contributed by atoms with Gasteiger partial charge in [-0.3, -0.25) is 9.63 Å². The molecule has 0 heterocycles. The van der Waals surface area contributed by atoms with Crippen LogP contribution in [0.2, 0.25) is 0 Å². The lowest BCUT2D eigenvalue weighted by Gasteiger charge is -2.18. The minimum atomic E-state index is -1.02. The van der Waals surface area contributed by atoms with E-state index >= 15 is 0 Å². The van der Waals surface area contributed by atoms with Crippen LogP contribution in [0.3, 0.4) is 0 Å². The fraction of sp³-hybridized carbons (Fsp3) is 0.200. The molecule has 0 atom stereocenters. The molecule has 0 spiro atoms. The average Bonchev–Trinajstić information content (AvgIpc) is 2.79. The molecule has 1 amide bonds. The number of benzene rings is 3. The third-order valence-electron chi connectivity index (χ3n) is 4.63. The van der Waals surface area contributed by atoms with E-state index in [9.17, 15) is 9.59 Å². The molecule has 6 heteroatoms. The zero-order chi connectivity index (χ0) is 21.9. The molecule has 2 N–H and O–H groups in total. The van der Waals surface area contributed by atoms with Crippen LogP contribution in [0.15, 0.2) is 84.9 Å². The number of carbonyl (C=O) groups is 2. The molecule has 160 valence electrons. The van der Waals surface area contributed by atoms with Gasteiger partial charge in [0.1, 0.15) is 11.9 Å². The quantitative estimate of drug-likeness (QED) is 0.453. The topological polar surface area (TPSA) is 84.9 Å². The third kappa shape index (κ3) is 7.28. The first-order valence-corrected chi connectivity index (χ1v) is 10.1. The minimum absolute atomic E-state index is 0.199. The number of aryl methyl sites for hydroxylation is 1. The molecule has 0 fully saturated rings. The summed E-state index contributed by atoms with van der Waals surface area (Å²) in [5, 5.41) is 8.70. The van der Waals surface area contributed by atoms with E-state index in [1.165, 1.54) is 0 Å². The Morgan fingerprint density at radius 1 is 0.871 bits per heavy atom. The normalized spacial score (nSPS) is 10.6. The van der Waals surface area contributed by atoms with Crippen molar-refractivity contribution >= 4 is 11.9 Å². The van der Waals surface area contributed by atoms with Crippen LogP contribution in [0.1, 0.15) is 35.6 Å². The average molecular weight is 419 g/mol. The van der Waals surface area contributed by atoms with Gasteiger partial charge in [-0.1, -0.05) is 72.8 Å². The Labute approximate surface area is 181 Å². The predicted octanol–water partition coefficient (Wildman–Crippen LogP) is 4.31. The van der Waals surface area contributed by atoms with Gasteiger partial charge in [0, 0.05) is 6.42 Å². The van der Waals surface area contributed by atoms with E-state index in [1.54, 1.807) is 18.2 Å². The summed E-state index contributed by atoms with van der Waals surface area (Å²) in [6, 6.07) is 26.7. The molecule has 6 nitrogen and oxygen atoms in total. The van der Waals surface area contributed by atoms with E-state index in [0.717, 1.165) is 16.7 Å². The first-order valence-electron chi connectivity index (χ1n) is 10.1. The highest BCUT2D eigenvalue weighted by Gasteiger charge is 2.16. The van der Waals surface area contributed by atoms with Crippen molar-refractivity contribution < 1.29 is 24.3 Å². The van der Waals surface area contributed by atoms with Gasteiger partial charge in [0.2, 0.25) is 5.91 Å². The van der Waals surface area contributed by atoms with Gasteiger partial charge >= 0.3 is 5.97 Å². The molecule has 0 aliphatic carbocycles. The number of carboxylic acid groups (broad SMARTS) is 1. The van der Waals surface area contributed by atoms with E-state index in [2.05, 4.69) is 5.48 Å². The van der Waals surface area contributed by atoms with Crippen LogP contribution in [-0.2, 0) is 20.8 Å². The number of carbonyl (C=O) groups excluding carboxylic acids is 1. The van der Waals surface area contributed by atoms with Gasteiger partial charge < -0.3 is 9.84 Å². The molecule has 3 aromatic carbocycles. The first kappa shape index (κ1) is 22.1. The van der Waals surface area contributed by atoms with Crippen molar-refractivity contribution in [2.75, 3.05) is 6.61 Å². The summed E-state index contributed by atoms with van der Waals surface area (Å²) < 4.78 is 5.19. The van der Waals surface area contributed by atoms with Crippen LogP contribution in [0.4, 0.5) is 0 Å². The molecule has 0 aliphatic rings. The first-order chi connectivity index (χ1) is 15.1.